The summed E-state index contributed by atoms with van der Waals surface area (Å²) in [5.41, 5.74) is 2.64. The van der Waals surface area contributed by atoms with Crippen LogP contribution < -0.4 is 4.90 Å². The number of anilines is 1. The van der Waals surface area contributed by atoms with E-state index >= 15 is 0 Å². The van der Waals surface area contributed by atoms with Crippen LogP contribution in [0.25, 0.3) is 21.5 Å². The predicted octanol–water partition coefficient (Wildman–Crippen LogP) is 6.75. The van der Waals surface area contributed by atoms with Gasteiger partial charge in [-0.25, -0.2) is 0 Å². The summed E-state index contributed by atoms with van der Waals surface area (Å²) in [7, 11) is 0. The Hall–Kier alpha value is -2.09. The van der Waals surface area contributed by atoms with E-state index in [0.717, 1.165) is 25.9 Å². The Labute approximate surface area is 158 Å². The van der Waals surface area contributed by atoms with Crippen LogP contribution in [0, 0.1) is 0 Å². The molecule has 0 spiro atoms. The molecule has 0 amide bonds. The molecule has 0 saturated heterocycles. The van der Waals surface area contributed by atoms with Gasteiger partial charge in [0.2, 0.25) is 0 Å². The molecule has 138 valence electrons. The monoisotopic (exact) mass is 348 g/mol. The van der Waals surface area contributed by atoms with E-state index in [0.29, 0.717) is 0 Å². The van der Waals surface area contributed by atoms with Crippen molar-refractivity contribution < 1.29 is 0 Å². The van der Waals surface area contributed by atoms with Crippen LogP contribution in [0.4, 0.5) is 5.69 Å². The van der Waals surface area contributed by atoms with Gasteiger partial charge in [0, 0.05) is 30.4 Å². The van der Waals surface area contributed by atoms with E-state index < -0.39 is 0 Å². The highest BCUT2D eigenvalue weighted by atomic mass is 15.1. The fourth-order valence-electron chi connectivity index (χ4n) is 3.83. The minimum absolute atomic E-state index is 1.04. The van der Waals surface area contributed by atoms with E-state index in [9.17, 15) is 0 Å². The molecule has 2 nitrogen and oxygen atoms in total. The Bertz CT molecular complexity index is 845. The number of nitrogens with zero attached hydrogens (tertiary/aromatic N) is 2. The maximum atomic E-state index is 4.78. The van der Waals surface area contributed by atoms with Crippen molar-refractivity contribution in [2.45, 2.75) is 59.3 Å². The molecule has 1 aromatic heterocycles. The molecule has 2 aromatic carbocycles. The zero-order valence-electron chi connectivity index (χ0n) is 16.6. The van der Waals surface area contributed by atoms with Crippen LogP contribution in [0.5, 0.6) is 0 Å². The van der Waals surface area contributed by atoms with Gasteiger partial charge in [0.25, 0.3) is 0 Å². The summed E-state index contributed by atoms with van der Waals surface area (Å²) in [6.45, 7) is 9.06. The van der Waals surface area contributed by atoms with Crippen LogP contribution in [0.3, 0.4) is 0 Å². The zero-order chi connectivity index (χ0) is 18.4. The highest BCUT2D eigenvalue weighted by Gasteiger charge is 2.16. The van der Waals surface area contributed by atoms with Gasteiger partial charge in [-0.3, -0.25) is 4.98 Å². The lowest BCUT2D eigenvalue weighted by Crippen LogP contribution is -2.26. The molecule has 0 N–H and O–H groups in total. The lowest BCUT2D eigenvalue weighted by Gasteiger charge is -2.27. The molecule has 0 fully saturated rings. The summed E-state index contributed by atoms with van der Waals surface area (Å²) < 4.78 is 0. The summed E-state index contributed by atoms with van der Waals surface area (Å²) in [5, 5.41) is 5.41. The highest BCUT2D eigenvalue weighted by Crippen LogP contribution is 2.36. The molecule has 0 atom stereocenters. The topological polar surface area (TPSA) is 16.1 Å². The van der Waals surface area contributed by atoms with Gasteiger partial charge in [0.05, 0.1) is 5.69 Å². The standard InChI is InChI=1S/C24H32N2/c1-4-7-16-26(17-8-5-2)23-18-19-12-9-10-13-20(19)21-14-15-25-22(11-6-3)24(21)23/h9-10,12-15,18H,4-8,11,16-17H2,1-3H3. The molecule has 0 aliphatic heterocycles. The van der Waals surface area contributed by atoms with Crippen molar-refractivity contribution in [3.05, 3.63) is 48.3 Å². The molecular weight excluding hydrogens is 316 g/mol. The average molecular weight is 349 g/mol. The number of unbranched alkanes of at least 4 members (excludes halogenated alkanes) is 2. The summed E-state index contributed by atoms with van der Waals surface area (Å²) in [6, 6.07) is 13.4. The molecule has 0 radical (unpaired) electrons. The summed E-state index contributed by atoms with van der Waals surface area (Å²) in [5.74, 6) is 0. The summed E-state index contributed by atoms with van der Waals surface area (Å²) in [6.07, 6.45) is 9.09. The third-order valence-electron chi connectivity index (χ3n) is 5.22. The number of aryl methyl sites for hydroxylation is 1. The minimum atomic E-state index is 1.04. The SMILES string of the molecule is CCCCN(CCCC)c1cc2ccccc2c2ccnc(CCC)c12. The van der Waals surface area contributed by atoms with Gasteiger partial charge in [-0.1, -0.05) is 64.3 Å². The van der Waals surface area contributed by atoms with Gasteiger partial charge in [0.1, 0.15) is 0 Å². The molecule has 0 unspecified atom stereocenters. The van der Waals surface area contributed by atoms with Gasteiger partial charge in [0.15, 0.2) is 0 Å². The second-order valence-electron chi connectivity index (χ2n) is 7.24. The van der Waals surface area contributed by atoms with E-state index in [1.54, 1.807) is 0 Å². The second-order valence-corrected chi connectivity index (χ2v) is 7.24. The number of pyridine rings is 1. The molecule has 0 bridgehead atoms. The first-order chi connectivity index (χ1) is 12.8. The minimum Gasteiger partial charge on any atom is -0.371 e. The van der Waals surface area contributed by atoms with E-state index in [-0.39, 0.29) is 0 Å². The Morgan fingerprint density at radius 1 is 0.846 bits per heavy atom. The van der Waals surface area contributed by atoms with Gasteiger partial charge in [-0.05, 0) is 47.6 Å². The zero-order valence-corrected chi connectivity index (χ0v) is 16.6. The Kier molecular flexibility index (Phi) is 6.49. The van der Waals surface area contributed by atoms with Crippen LogP contribution in [-0.4, -0.2) is 18.1 Å². The van der Waals surface area contributed by atoms with Gasteiger partial charge in [-0.15, -0.1) is 0 Å². The third-order valence-corrected chi connectivity index (χ3v) is 5.22. The molecule has 0 aliphatic carbocycles. The van der Waals surface area contributed by atoms with E-state index in [2.05, 4.69) is 62.1 Å². The number of hydrogen-bond donors (Lipinski definition) is 0. The first-order valence-electron chi connectivity index (χ1n) is 10.3. The first kappa shape index (κ1) is 18.7. The number of fused-ring (bicyclic) bond motifs is 3. The molecule has 1 heterocycles. The van der Waals surface area contributed by atoms with E-state index in [4.69, 9.17) is 4.98 Å². The van der Waals surface area contributed by atoms with Crippen LogP contribution in [0.2, 0.25) is 0 Å². The second kappa shape index (κ2) is 9.02. The van der Waals surface area contributed by atoms with Gasteiger partial charge in [-0.2, -0.15) is 0 Å². The third kappa shape index (κ3) is 3.85. The largest absolute Gasteiger partial charge is 0.371 e. The Morgan fingerprint density at radius 3 is 2.27 bits per heavy atom. The lowest BCUT2D eigenvalue weighted by atomic mass is 9.97. The number of hydrogen-bond acceptors (Lipinski definition) is 2. The smallest absolute Gasteiger partial charge is 0.0502 e. The first-order valence-corrected chi connectivity index (χ1v) is 10.3. The average Bonchev–Trinajstić information content (AvgIpc) is 2.68. The fourth-order valence-corrected chi connectivity index (χ4v) is 3.83. The Balaban J connectivity index is 2.25. The van der Waals surface area contributed by atoms with Crippen molar-refractivity contribution >= 4 is 27.2 Å². The lowest BCUT2D eigenvalue weighted by molar-refractivity contribution is 0.679. The van der Waals surface area contributed by atoms with Crippen molar-refractivity contribution in [3.8, 4) is 0 Å². The number of rotatable bonds is 9. The maximum Gasteiger partial charge on any atom is 0.0502 e. The molecule has 0 saturated carbocycles. The van der Waals surface area contributed by atoms with Crippen molar-refractivity contribution in [2.24, 2.45) is 0 Å². The normalized spacial score (nSPS) is 11.3. The molecular formula is C24H32N2. The van der Waals surface area contributed by atoms with Crippen molar-refractivity contribution in [2.75, 3.05) is 18.0 Å². The summed E-state index contributed by atoms with van der Waals surface area (Å²) in [4.78, 5) is 7.39. The Morgan fingerprint density at radius 2 is 1.58 bits per heavy atom. The van der Waals surface area contributed by atoms with Crippen LogP contribution in [0.1, 0.15) is 58.6 Å². The van der Waals surface area contributed by atoms with E-state index in [1.807, 2.05) is 6.20 Å². The molecule has 3 rings (SSSR count). The van der Waals surface area contributed by atoms with E-state index in [1.165, 1.54) is 58.6 Å². The summed E-state index contributed by atoms with van der Waals surface area (Å²) >= 11 is 0. The highest BCUT2D eigenvalue weighted by molar-refractivity contribution is 6.13. The van der Waals surface area contributed by atoms with Crippen LogP contribution in [0.15, 0.2) is 42.6 Å². The fraction of sp³-hybridized carbons (Fsp3) is 0.458. The van der Waals surface area contributed by atoms with Gasteiger partial charge >= 0.3 is 0 Å². The number of aromatic nitrogens is 1. The molecule has 26 heavy (non-hydrogen) atoms. The van der Waals surface area contributed by atoms with Crippen molar-refractivity contribution in [1.82, 2.24) is 4.98 Å². The van der Waals surface area contributed by atoms with Crippen molar-refractivity contribution in [1.29, 1.82) is 0 Å². The molecule has 3 aromatic rings. The van der Waals surface area contributed by atoms with Crippen molar-refractivity contribution in [3.63, 3.8) is 0 Å². The number of benzene rings is 2. The van der Waals surface area contributed by atoms with Crippen LogP contribution in [-0.2, 0) is 6.42 Å². The molecule has 0 aliphatic rings. The quantitative estimate of drug-likeness (QED) is 0.398. The van der Waals surface area contributed by atoms with Crippen LogP contribution >= 0.6 is 0 Å². The molecule has 2 heteroatoms. The van der Waals surface area contributed by atoms with Gasteiger partial charge < -0.3 is 4.90 Å². The maximum absolute atomic E-state index is 4.78. The predicted molar refractivity (Wildman–Crippen MR) is 115 cm³/mol.